The number of nitrogens with zero attached hydrogens (tertiary/aromatic N) is 1. The monoisotopic (exact) mass is 170 g/mol. The van der Waals surface area contributed by atoms with Gasteiger partial charge in [-0.1, -0.05) is 6.92 Å². The Labute approximate surface area is 70.9 Å². The fourth-order valence-electron chi connectivity index (χ4n) is 1.13. The summed E-state index contributed by atoms with van der Waals surface area (Å²) in [6, 6.07) is 0. The van der Waals surface area contributed by atoms with Crippen LogP contribution in [0.1, 0.15) is 20.3 Å². The minimum absolute atomic E-state index is 0.0231. The predicted molar refractivity (Wildman–Crippen MR) is 47.6 cm³/mol. The maximum Gasteiger partial charge on any atom is 0.234 e. The van der Waals surface area contributed by atoms with Crippen molar-refractivity contribution in [3.05, 3.63) is 0 Å². The van der Waals surface area contributed by atoms with Crippen molar-refractivity contribution < 1.29 is 4.79 Å². The van der Waals surface area contributed by atoms with Gasteiger partial charge in [0.05, 0.1) is 5.92 Å². The van der Waals surface area contributed by atoms with Crippen LogP contribution in [0.5, 0.6) is 0 Å². The standard InChI is InChI=1S/C7H10N2OS/c1-3-5-4(2)8-7(11)9-6(5)10/h5H,3H2,1-2H3,(H,9,10,11). The van der Waals surface area contributed by atoms with Gasteiger partial charge in [0.15, 0.2) is 5.11 Å². The number of thiocarbonyl (C=S) groups is 1. The Bertz CT molecular complexity index is 235. The normalized spacial score (nSPS) is 24.5. The lowest BCUT2D eigenvalue weighted by atomic mass is 9.99. The van der Waals surface area contributed by atoms with Gasteiger partial charge in [-0.15, -0.1) is 0 Å². The maximum absolute atomic E-state index is 11.2. The molecular formula is C7H10N2OS. The van der Waals surface area contributed by atoms with Gasteiger partial charge in [-0.25, -0.2) is 4.99 Å². The molecule has 4 heteroatoms. The smallest absolute Gasteiger partial charge is 0.234 e. The van der Waals surface area contributed by atoms with Crippen molar-refractivity contribution in [3.8, 4) is 0 Å². The van der Waals surface area contributed by atoms with Crippen LogP contribution in [0.25, 0.3) is 0 Å². The predicted octanol–water partition coefficient (Wildman–Crippen LogP) is 0.888. The third kappa shape index (κ3) is 1.63. The van der Waals surface area contributed by atoms with Gasteiger partial charge in [0.2, 0.25) is 5.91 Å². The molecule has 1 amide bonds. The molecule has 1 aliphatic heterocycles. The number of amides is 1. The summed E-state index contributed by atoms with van der Waals surface area (Å²) in [5.41, 5.74) is 0.821. The lowest BCUT2D eigenvalue weighted by molar-refractivity contribution is -0.121. The molecule has 0 bridgehead atoms. The van der Waals surface area contributed by atoms with E-state index in [1.165, 1.54) is 0 Å². The molecule has 1 unspecified atom stereocenters. The van der Waals surface area contributed by atoms with E-state index in [1.54, 1.807) is 0 Å². The van der Waals surface area contributed by atoms with Gasteiger partial charge in [0, 0.05) is 5.71 Å². The summed E-state index contributed by atoms with van der Waals surface area (Å²) in [6.45, 7) is 3.79. The van der Waals surface area contributed by atoms with Gasteiger partial charge >= 0.3 is 0 Å². The van der Waals surface area contributed by atoms with Crippen LogP contribution in [0.15, 0.2) is 4.99 Å². The van der Waals surface area contributed by atoms with E-state index in [0.29, 0.717) is 0 Å². The van der Waals surface area contributed by atoms with E-state index in [1.807, 2.05) is 13.8 Å². The highest BCUT2D eigenvalue weighted by molar-refractivity contribution is 7.80. The largest absolute Gasteiger partial charge is 0.301 e. The van der Waals surface area contributed by atoms with E-state index >= 15 is 0 Å². The van der Waals surface area contributed by atoms with Crippen LogP contribution in [0.4, 0.5) is 0 Å². The van der Waals surface area contributed by atoms with E-state index < -0.39 is 0 Å². The Morgan fingerprint density at radius 1 is 1.73 bits per heavy atom. The first-order chi connectivity index (χ1) is 5.15. The molecule has 0 aromatic carbocycles. The Balaban J connectivity index is 2.88. The molecule has 11 heavy (non-hydrogen) atoms. The average molecular weight is 170 g/mol. The van der Waals surface area contributed by atoms with E-state index in [0.717, 1.165) is 12.1 Å². The zero-order valence-corrected chi connectivity index (χ0v) is 7.36. The summed E-state index contributed by atoms with van der Waals surface area (Å²) in [4.78, 5) is 15.2. The highest BCUT2D eigenvalue weighted by Gasteiger charge is 2.24. The first kappa shape index (κ1) is 8.33. The van der Waals surface area contributed by atoms with Gasteiger partial charge < -0.3 is 5.32 Å². The van der Waals surface area contributed by atoms with E-state index in [4.69, 9.17) is 12.2 Å². The number of hydrogen-bond donors (Lipinski definition) is 1. The molecule has 0 aromatic heterocycles. The van der Waals surface area contributed by atoms with Crippen molar-refractivity contribution in [1.29, 1.82) is 0 Å². The van der Waals surface area contributed by atoms with Gasteiger partial charge in [0.1, 0.15) is 0 Å². The van der Waals surface area contributed by atoms with Gasteiger partial charge in [-0.3, -0.25) is 4.79 Å². The van der Waals surface area contributed by atoms with Crippen LogP contribution < -0.4 is 5.32 Å². The second-order valence-corrected chi connectivity index (χ2v) is 2.90. The molecule has 0 saturated carbocycles. The molecule has 0 fully saturated rings. The van der Waals surface area contributed by atoms with Crippen LogP contribution in [-0.4, -0.2) is 16.7 Å². The zero-order valence-electron chi connectivity index (χ0n) is 6.55. The van der Waals surface area contributed by atoms with Crippen molar-refractivity contribution >= 4 is 28.9 Å². The summed E-state index contributed by atoms with van der Waals surface area (Å²) in [5, 5.41) is 2.80. The van der Waals surface area contributed by atoms with Crippen molar-refractivity contribution in [2.75, 3.05) is 0 Å². The third-order valence-corrected chi connectivity index (χ3v) is 1.93. The van der Waals surface area contributed by atoms with Crippen molar-refractivity contribution in [2.24, 2.45) is 10.9 Å². The van der Waals surface area contributed by atoms with Crippen molar-refractivity contribution in [3.63, 3.8) is 0 Å². The SMILES string of the molecule is CCC1C(=O)NC(=S)N=C1C. The number of nitrogens with one attached hydrogen (secondary N) is 1. The van der Waals surface area contributed by atoms with Gasteiger partial charge in [-0.05, 0) is 25.6 Å². The molecular weight excluding hydrogens is 160 g/mol. The van der Waals surface area contributed by atoms with E-state index in [-0.39, 0.29) is 16.9 Å². The van der Waals surface area contributed by atoms with Gasteiger partial charge in [-0.2, -0.15) is 0 Å². The van der Waals surface area contributed by atoms with Crippen LogP contribution in [-0.2, 0) is 4.79 Å². The van der Waals surface area contributed by atoms with Crippen LogP contribution in [0.3, 0.4) is 0 Å². The molecule has 1 N–H and O–H groups in total. The number of carbonyl (C=O) groups is 1. The molecule has 0 spiro atoms. The lowest BCUT2D eigenvalue weighted by Crippen LogP contribution is -2.41. The lowest BCUT2D eigenvalue weighted by Gasteiger charge is -2.18. The third-order valence-electron chi connectivity index (χ3n) is 1.74. The van der Waals surface area contributed by atoms with Crippen molar-refractivity contribution in [1.82, 2.24) is 5.32 Å². The van der Waals surface area contributed by atoms with E-state index in [9.17, 15) is 4.79 Å². The second kappa shape index (κ2) is 3.09. The molecule has 60 valence electrons. The first-order valence-corrected chi connectivity index (χ1v) is 3.96. The summed E-state index contributed by atoms with van der Waals surface area (Å²) in [7, 11) is 0. The quantitative estimate of drug-likeness (QED) is 0.594. The molecule has 0 saturated heterocycles. The van der Waals surface area contributed by atoms with E-state index in [2.05, 4.69) is 10.3 Å². The minimum Gasteiger partial charge on any atom is -0.301 e. The van der Waals surface area contributed by atoms with Crippen LogP contribution in [0, 0.1) is 5.92 Å². The first-order valence-electron chi connectivity index (χ1n) is 3.55. The summed E-state index contributed by atoms with van der Waals surface area (Å²) >= 11 is 4.74. The molecule has 0 radical (unpaired) electrons. The molecule has 1 atom stereocenters. The van der Waals surface area contributed by atoms with Crippen LogP contribution >= 0.6 is 12.2 Å². The second-order valence-electron chi connectivity index (χ2n) is 2.51. The number of aliphatic imine (C=N–C) groups is 1. The average Bonchev–Trinajstić information content (AvgIpc) is 1.85. The Hall–Kier alpha value is -0.770. The fraction of sp³-hybridized carbons (Fsp3) is 0.571. The van der Waals surface area contributed by atoms with Crippen LogP contribution in [0.2, 0.25) is 0 Å². The number of hydrogen-bond acceptors (Lipinski definition) is 2. The molecule has 1 rings (SSSR count). The Morgan fingerprint density at radius 3 is 2.82 bits per heavy atom. The summed E-state index contributed by atoms with van der Waals surface area (Å²) in [5.74, 6) is -0.105. The summed E-state index contributed by atoms with van der Waals surface area (Å²) in [6.07, 6.45) is 0.782. The summed E-state index contributed by atoms with van der Waals surface area (Å²) < 4.78 is 0. The fourth-order valence-corrected chi connectivity index (χ4v) is 1.37. The molecule has 3 nitrogen and oxygen atoms in total. The molecule has 0 aromatic rings. The minimum atomic E-state index is -0.0818. The number of rotatable bonds is 1. The highest BCUT2D eigenvalue weighted by Crippen LogP contribution is 2.09. The molecule has 0 aliphatic carbocycles. The Kier molecular flexibility index (Phi) is 2.34. The highest BCUT2D eigenvalue weighted by atomic mass is 32.1. The zero-order chi connectivity index (χ0) is 8.43. The molecule has 1 heterocycles. The molecule has 1 aliphatic rings. The Morgan fingerprint density at radius 2 is 2.36 bits per heavy atom. The topological polar surface area (TPSA) is 41.5 Å². The number of carbonyl (C=O) groups excluding carboxylic acids is 1. The van der Waals surface area contributed by atoms with Crippen molar-refractivity contribution in [2.45, 2.75) is 20.3 Å². The maximum atomic E-state index is 11.2. The van der Waals surface area contributed by atoms with Gasteiger partial charge in [0.25, 0.3) is 0 Å².